The first-order valence-electron chi connectivity index (χ1n) is 4.37. The Morgan fingerprint density at radius 1 is 1.47 bits per heavy atom. The predicted octanol–water partition coefficient (Wildman–Crippen LogP) is 0.589. The second-order valence-corrected chi connectivity index (χ2v) is 4.94. The van der Waals surface area contributed by atoms with Crippen LogP contribution < -0.4 is 5.14 Å². The molecule has 0 unspecified atom stereocenters. The number of aromatic hydroxyl groups is 1. The van der Waals surface area contributed by atoms with E-state index in [9.17, 15) is 13.5 Å². The van der Waals surface area contributed by atoms with E-state index in [0.29, 0.717) is 5.56 Å². The summed E-state index contributed by atoms with van der Waals surface area (Å²) in [5.41, 5.74) is 0.687. The van der Waals surface area contributed by atoms with Crippen LogP contribution in [0.2, 0.25) is 0 Å². The van der Waals surface area contributed by atoms with Gasteiger partial charge in [0.25, 0.3) is 10.2 Å². The summed E-state index contributed by atoms with van der Waals surface area (Å²) in [7, 11) is -2.32. The molecule has 84 valence electrons. The molecule has 0 radical (unpaired) electrons. The fourth-order valence-corrected chi connectivity index (χ4v) is 1.78. The molecule has 1 aromatic rings. The molecule has 3 N–H and O–H groups in total. The number of hydrogen-bond acceptors (Lipinski definition) is 3. The van der Waals surface area contributed by atoms with E-state index in [1.165, 1.54) is 19.2 Å². The molecule has 0 fully saturated rings. The van der Waals surface area contributed by atoms with Crippen LogP contribution >= 0.6 is 0 Å². The van der Waals surface area contributed by atoms with Crippen LogP contribution in [0.5, 0.6) is 5.75 Å². The maximum atomic E-state index is 11.1. The lowest BCUT2D eigenvalue weighted by molar-refractivity contribution is 0.396. The molecule has 0 aliphatic heterocycles. The van der Waals surface area contributed by atoms with Crippen LogP contribution in [-0.2, 0) is 10.2 Å². The molecule has 1 rings (SSSR count). The van der Waals surface area contributed by atoms with E-state index < -0.39 is 16.3 Å². The van der Waals surface area contributed by atoms with Gasteiger partial charge >= 0.3 is 0 Å². The van der Waals surface area contributed by atoms with Crippen LogP contribution in [0.1, 0.15) is 18.5 Å². The third-order valence-corrected chi connectivity index (χ3v) is 3.42. The largest absolute Gasteiger partial charge is 0.508 e. The maximum absolute atomic E-state index is 11.1. The molecule has 0 saturated heterocycles. The lowest BCUT2D eigenvalue weighted by Gasteiger charge is -2.22. The summed E-state index contributed by atoms with van der Waals surface area (Å²) in [6.07, 6.45) is 0. The quantitative estimate of drug-likeness (QED) is 0.797. The van der Waals surface area contributed by atoms with Gasteiger partial charge < -0.3 is 5.11 Å². The molecule has 15 heavy (non-hydrogen) atoms. The summed E-state index contributed by atoms with van der Waals surface area (Å²) < 4.78 is 23.2. The van der Waals surface area contributed by atoms with Crippen molar-refractivity contribution in [3.05, 3.63) is 29.8 Å². The maximum Gasteiger partial charge on any atom is 0.277 e. The molecule has 0 saturated carbocycles. The van der Waals surface area contributed by atoms with Crippen LogP contribution in [0.3, 0.4) is 0 Å². The lowest BCUT2D eigenvalue weighted by Crippen LogP contribution is -2.35. The molecule has 0 spiro atoms. The van der Waals surface area contributed by atoms with Crippen molar-refractivity contribution in [2.75, 3.05) is 7.05 Å². The molecule has 1 aromatic carbocycles. The van der Waals surface area contributed by atoms with Crippen LogP contribution in [0.15, 0.2) is 24.3 Å². The second-order valence-electron chi connectivity index (χ2n) is 3.33. The summed E-state index contributed by atoms with van der Waals surface area (Å²) in [4.78, 5) is 0. The van der Waals surface area contributed by atoms with Gasteiger partial charge in [0.1, 0.15) is 5.75 Å². The second kappa shape index (κ2) is 4.18. The number of rotatable bonds is 3. The summed E-state index contributed by atoms with van der Waals surface area (Å²) in [5, 5.41) is 14.2. The highest BCUT2D eigenvalue weighted by molar-refractivity contribution is 7.86. The number of nitrogens with zero attached hydrogens (tertiary/aromatic N) is 1. The van der Waals surface area contributed by atoms with Gasteiger partial charge in [-0.15, -0.1) is 0 Å². The van der Waals surface area contributed by atoms with Crippen molar-refractivity contribution in [1.82, 2.24) is 4.31 Å². The molecule has 0 aliphatic carbocycles. The first-order valence-corrected chi connectivity index (χ1v) is 5.87. The fraction of sp³-hybridized carbons (Fsp3) is 0.333. The summed E-state index contributed by atoms with van der Waals surface area (Å²) in [5.74, 6) is 0.0992. The monoisotopic (exact) mass is 230 g/mol. The Morgan fingerprint density at radius 2 is 2.07 bits per heavy atom. The molecule has 1 atom stereocenters. The Hall–Kier alpha value is -1.11. The number of phenolic OH excluding ortho intramolecular Hbond substituents is 1. The van der Waals surface area contributed by atoms with Crippen molar-refractivity contribution in [3.63, 3.8) is 0 Å². The minimum atomic E-state index is -3.71. The van der Waals surface area contributed by atoms with Gasteiger partial charge in [-0.25, -0.2) is 5.14 Å². The normalized spacial score (nSPS) is 14.1. The molecule has 5 nitrogen and oxygen atoms in total. The van der Waals surface area contributed by atoms with E-state index in [1.54, 1.807) is 19.1 Å². The molecule has 0 aromatic heterocycles. The van der Waals surface area contributed by atoms with E-state index >= 15 is 0 Å². The fourth-order valence-electron chi connectivity index (χ4n) is 1.21. The molecule has 0 heterocycles. The highest BCUT2D eigenvalue weighted by Crippen LogP contribution is 2.23. The average Bonchev–Trinajstić information content (AvgIpc) is 2.14. The first-order chi connectivity index (χ1) is 6.82. The Balaban J connectivity index is 3.00. The zero-order valence-corrected chi connectivity index (χ0v) is 9.40. The molecule has 6 heteroatoms. The molecule has 0 bridgehead atoms. The average molecular weight is 230 g/mol. The zero-order chi connectivity index (χ0) is 11.6. The van der Waals surface area contributed by atoms with Gasteiger partial charge in [0.2, 0.25) is 0 Å². The van der Waals surface area contributed by atoms with Gasteiger partial charge in [-0.1, -0.05) is 12.1 Å². The molecular weight excluding hydrogens is 216 g/mol. The van der Waals surface area contributed by atoms with E-state index in [4.69, 9.17) is 5.14 Å². The summed E-state index contributed by atoms with van der Waals surface area (Å²) in [6.45, 7) is 1.69. The van der Waals surface area contributed by atoms with Gasteiger partial charge in [0.15, 0.2) is 0 Å². The third kappa shape index (κ3) is 2.92. The predicted molar refractivity (Wildman–Crippen MR) is 57.4 cm³/mol. The van der Waals surface area contributed by atoms with E-state index in [1.807, 2.05) is 0 Å². The highest BCUT2D eigenvalue weighted by Gasteiger charge is 2.20. The van der Waals surface area contributed by atoms with Gasteiger partial charge in [0.05, 0.1) is 0 Å². The number of phenols is 1. The van der Waals surface area contributed by atoms with Gasteiger partial charge in [-0.3, -0.25) is 0 Å². The summed E-state index contributed by atoms with van der Waals surface area (Å²) in [6, 6.07) is 6.00. The van der Waals surface area contributed by atoms with E-state index in [0.717, 1.165) is 4.31 Å². The van der Waals surface area contributed by atoms with Crippen molar-refractivity contribution < 1.29 is 13.5 Å². The van der Waals surface area contributed by atoms with Crippen LogP contribution in [-0.4, -0.2) is 24.9 Å². The highest BCUT2D eigenvalue weighted by atomic mass is 32.2. The van der Waals surface area contributed by atoms with Crippen molar-refractivity contribution in [3.8, 4) is 5.75 Å². The Labute approximate surface area is 89.3 Å². The van der Waals surface area contributed by atoms with Gasteiger partial charge in [-0.2, -0.15) is 12.7 Å². The summed E-state index contributed by atoms with van der Waals surface area (Å²) >= 11 is 0. The van der Waals surface area contributed by atoms with Gasteiger partial charge in [-0.05, 0) is 24.6 Å². The van der Waals surface area contributed by atoms with Crippen molar-refractivity contribution in [2.45, 2.75) is 13.0 Å². The molecule has 0 aliphatic rings. The van der Waals surface area contributed by atoms with Gasteiger partial charge in [0, 0.05) is 13.1 Å². The Morgan fingerprint density at radius 3 is 2.53 bits per heavy atom. The Bertz CT molecular complexity index is 444. The van der Waals surface area contributed by atoms with Crippen molar-refractivity contribution in [2.24, 2.45) is 5.14 Å². The molecule has 0 amide bonds. The van der Waals surface area contributed by atoms with E-state index in [-0.39, 0.29) is 5.75 Å². The van der Waals surface area contributed by atoms with Crippen LogP contribution in [0.4, 0.5) is 0 Å². The van der Waals surface area contributed by atoms with Crippen LogP contribution in [0.25, 0.3) is 0 Å². The lowest BCUT2D eigenvalue weighted by atomic mass is 10.1. The first kappa shape index (κ1) is 12.0. The zero-order valence-electron chi connectivity index (χ0n) is 8.58. The molecular formula is C9H14N2O3S. The van der Waals surface area contributed by atoms with Crippen molar-refractivity contribution in [1.29, 1.82) is 0 Å². The minimum absolute atomic E-state index is 0.0992. The minimum Gasteiger partial charge on any atom is -0.508 e. The van der Waals surface area contributed by atoms with E-state index in [2.05, 4.69) is 0 Å². The van der Waals surface area contributed by atoms with Crippen LogP contribution in [0, 0.1) is 0 Å². The third-order valence-electron chi connectivity index (χ3n) is 2.30. The number of nitrogens with two attached hydrogens (primary N) is 1. The number of hydrogen-bond donors (Lipinski definition) is 2. The smallest absolute Gasteiger partial charge is 0.277 e. The van der Waals surface area contributed by atoms with Crippen molar-refractivity contribution >= 4 is 10.2 Å². The number of benzene rings is 1. The Kier molecular flexibility index (Phi) is 3.33. The SMILES string of the molecule is C[C@H](c1cccc(O)c1)N(C)S(N)(=O)=O. The standard InChI is InChI=1S/C9H14N2O3S/c1-7(11(2)15(10,13)14)8-4-3-5-9(12)6-8/h3-7,12H,1-2H3,(H2,10,13,14)/t7-/m1/s1. The topological polar surface area (TPSA) is 83.6 Å².